The molecule has 1 aliphatic rings. The molecule has 1 aromatic carbocycles. The Hall–Kier alpha value is -2.83. The molecule has 1 saturated heterocycles. The third-order valence-corrected chi connectivity index (χ3v) is 3.56. The van der Waals surface area contributed by atoms with Crippen molar-refractivity contribution in [3.05, 3.63) is 57.9 Å². The van der Waals surface area contributed by atoms with E-state index in [-0.39, 0.29) is 11.5 Å². The smallest absolute Gasteiger partial charge is 0.269 e. The Balaban J connectivity index is 2.35. The van der Waals surface area contributed by atoms with Crippen LogP contribution in [0.1, 0.15) is 0 Å². The van der Waals surface area contributed by atoms with Crippen LogP contribution in [0.25, 0.3) is 0 Å². The molecule has 1 fully saturated rings. The van der Waals surface area contributed by atoms with Gasteiger partial charge >= 0.3 is 0 Å². The van der Waals surface area contributed by atoms with E-state index < -0.39 is 4.92 Å². The van der Waals surface area contributed by atoms with E-state index in [1.807, 2.05) is 55.3 Å². The van der Waals surface area contributed by atoms with Gasteiger partial charge in [-0.15, -0.1) is 0 Å². The molecule has 0 bridgehead atoms. The molecular weight excluding hydrogens is 308 g/mol. The van der Waals surface area contributed by atoms with Crippen molar-refractivity contribution in [3.8, 4) is 0 Å². The molecule has 0 saturated carbocycles. The van der Waals surface area contributed by atoms with E-state index in [0.717, 1.165) is 5.69 Å². The predicted molar refractivity (Wildman–Crippen MR) is 93.9 cm³/mol. The van der Waals surface area contributed by atoms with Crippen LogP contribution in [-0.4, -0.2) is 61.8 Å². The Morgan fingerprint density at radius 3 is 1.83 bits per heavy atom. The van der Waals surface area contributed by atoms with Crippen LogP contribution in [0, 0.1) is 10.1 Å². The van der Waals surface area contributed by atoms with Gasteiger partial charge in [-0.1, -0.05) is 0 Å². The van der Waals surface area contributed by atoms with Gasteiger partial charge in [0.2, 0.25) is 0 Å². The van der Waals surface area contributed by atoms with E-state index in [1.165, 1.54) is 12.1 Å². The number of non-ortho nitro benzene ring substituents is 1. The molecule has 0 unspecified atom stereocenters. The lowest BCUT2D eigenvalue weighted by molar-refractivity contribution is -0.384. The number of nitro groups is 1. The maximum absolute atomic E-state index is 12.6. The van der Waals surface area contributed by atoms with Crippen LogP contribution in [0.5, 0.6) is 0 Å². The van der Waals surface area contributed by atoms with Crippen molar-refractivity contribution >= 4 is 17.2 Å². The van der Waals surface area contributed by atoms with Crippen molar-refractivity contribution in [2.75, 3.05) is 46.2 Å². The second-order valence-corrected chi connectivity index (χ2v) is 6.19. The summed E-state index contributed by atoms with van der Waals surface area (Å²) in [4.78, 5) is 28.7. The summed E-state index contributed by atoms with van der Waals surface area (Å²) in [5.74, 6) is 0.0376. The molecule has 7 heteroatoms. The molecule has 1 aliphatic heterocycles. The normalized spacial score (nSPS) is 18.2. The van der Waals surface area contributed by atoms with Gasteiger partial charge in [0, 0.05) is 82.6 Å². The van der Waals surface area contributed by atoms with Gasteiger partial charge < -0.3 is 14.7 Å². The lowest BCUT2D eigenvalue weighted by Gasteiger charge is -2.32. The van der Waals surface area contributed by atoms with Crippen molar-refractivity contribution < 1.29 is 9.72 Å². The van der Waals surface area contributed by atoms with Gasteiger partial charge in [0.05, 0.1) is 4.92 Å². The fourth-order valence-electron chi connectivity index (χ4n) is 2.61. The van der Waals surface area contributed by atoms with Crippen molar-refractivity contribution in [2.24, 2.45) is 0 Å². The summed E-state index contributed by atoms with van der Waals surface area (Å²) in [5.41, 5.74) is 2.29. The second kappa shape index (κ2) is 7.16. The van der Waals surface area contributed by atoms with Gasteiger partial charge in [0.15, 0.2) is 5.78 Å². The van der Waals surface area contributed by atoms with Crippen LogP contribution in [0.4, 0.5) is 11.4 Å². The molecule has 0 spiro atoms. The Morgan fingerprint density at radius 1 is 1.00 bits per heavy atom. The fourth-order valence-corrected chi connectivity index (χ4v) is 2.61. The van der Waals surface area contributed by atoms with Crippen molar-refractivity contribution in [1.82, 2.24) is 9.80 Å². The molecule has 0 amide bonds. The number of rotatable bonds is 4. The molecule has 0 atom stereocenters. The highest BCUT2D eigenvalue weighted by Crippen LogP contribution is 2.26. The summed E-state index contributed by atoms with van der Waals surface area (Å²) in [6.45, 7) is 0.944. The molecule has 0 radical (unpaired) electrons. The van der Waals surface area contributed by atoms with Gasteiger partial charge in [0.25, 0.3) is 5.69 Å². The van der Waals surface area contributed by atoms with Gasteiger partial charge in [-0.25, -0.2) is 0 Å². The van der Waals surface area contributed by atoms with Crippen molar-refractivity contribution in [2.45, 2.75) is 0 Å². The number of carbonyl (C=O) groups excluding carboxylic acids is 1. The first kappa shape index (κ1) is 17.5. The van der Waals surface area contributed by atoms with Crippen LogP contribution in [0.15, 0.2) is 47.8 Å². The summed E-state index contributed by atoms with van der Waals surface area (Å²) >= 11 is 0. The molecule has 128 valence electrons. The molecule has 0 N–H and O–H groups in total. The second-order valence-electron chi connectivity index (χ2n) is 6.19. The summed E-state index contributed by atoms with van der Waals surface area (Å²) in [5, 5.41) is 10.8. The minimum absolute atomic E-state index is 0.0376. The van der Waals surface area contributed by atoms with Crippen LogP contribution in [0.3, 0.4) is 0 Å². The van der Waals surface area contributed by atoms with E-state index in [0.29, 0.717) is 24.2 Å². The predicted octanol–water partition coefficient (Wildman–Crippen LogP) is 1.87. The zero-order chi connectivity index (χ0) is 17.9. The van der Waals surface area contributed by atoms with E-state index in [9.17, 15) is 14.9 Å². The number of Topliss-reactive ketones (excluding diaryl/α,β-unsaturated/α-hetero) is 1. The van der Waals surface area contributed by atoms with Crippen LogP contribution < -0.4 is 4.90 Å². The Kier molecular flexibility index (Phi) is 5.23. The topological polar surface area (TPSA) is 69.9 Å². The maximum Gasteiger partial charge on any atom is 0.269 e. The third kappa shape index (κ3) is 4.13. The number of benzene rings is 1. The highest BCUT2D eigenvalue weighted by Gasteiger charge is 2.27. The molecule has 1 aromatic rings. The lowest BCUT2D eigenvalue weighted by atomic mass is 9.98. The molecule has 0 aromatic heterocycles. The van der Waals surface area contributed by atoms with Crippen molar-refractivity contribution in [1.29, 1.82) is 0 Å². The number of nitrogens with zero attached hydrogens (tertiary/aromatic N) is 4. The average molecular weight is 330 g/mol. The van der Waals surface area contributed by atoms with E-state index >= 15 is 0 Å². The summed E-state index contributed by atoms with van der Waals surface area (Å²) in [6, 6.07) is 6.40. The molecule has 1 heterocycles. The monoisotopic (exact) mass is 330 g/mol. The highest BCUT2D eigenvalue weighted by molar-refractivity contribution is 6.10. The largest absolute Gasteiger partial charge is 0.383 e. The highest BCUT2D eigenvalue weighted by atomic mass is 16.6. The zero-order valence-electron chi connectivity index (χ0n) is 14.4. The Morgan fingerprint density at radius 2 is 1.46 bits per heavy atom. The SMILES string of the molecule is CN(C)/C=C1\CN(c2ccc([N+](=O)[O-])cc2)C/C(=C\N(C)C)C1=O. The number of hydrogen-bond acceptors (Lipinski definition) is 6. The van der Waals surface area contributed by atoms with E-state index in [1.54, 1.807) is 12.1 Å². The third-order valence-electron chi connectivity index (χ3n) is 3.56. The zero-order valence-corrected chi connectivity index (χ0v) is 14.4. The Labute approximate surface area is 141 Å². The molecule has 7 nitrogen and oxygen atoms in total. The van der Waals surface area contributed by atoms with Gasteiger partial charge in [0.1, 0.15) is 0 Å². The first-order chi connectivity index (χ1) is 11.3. The van der Waals surface area contributed by atoms with Crippen LogP contribution in [-0.2, 0) is 4.79 Å². The molecule has 0 aliphatic carbocycles. The summed E-state index contributed by atoms with van der Waals surface area (Å²) in [6.07, 6.45) is 3.65. The quantitative estimate of drug-likeness (QED) is 0.477. The number of hydrogen-bond donors (Lipinski definition) is 0. The van der Waals surface area contributed by atoms with E-state index in [2.05, 4.69) is 0 Å². The fraction of sp³-hybridized carbons (Fsp3) is 0.353. The number of piperidine rings is 1. The standard InChI is InChI=1S/C17H22N4O3/c1-18(2)9-13-11-20(12-14(17(13)22)10-19(3)4)15-5-7-16(8-6-15)21(23)24/h5-10H,11-12H2,1-4H3/b13-9+,14-10+. The van der Waals surface area contributed by atoms with Gasteiger partial charge in [-0.3, -0.25) is 14.9 Å². The molecule has 2 rings (SSSR count). The molecular formula is C17H22N4O3. The van der Waals surface area contributed by atoms with Gasteiger partial charge in [-0.05, 0) is 12.1 Å². The first-order valence-electron chi connectivity index (χ1n) is 7.56. The van der Waals surface area contributed by atoms with Crippen LogP contribution in [0.2, 0.25) is 0 Å². The average Bonchev–Trinajstić information content (AvgIpc) is 2.50. The van der Waals surface area contributed by atoms with E-state index in [4.69, 9.17) is 0 Å². The number of anilines is 1. The summed E-state index contributed by atoms with van der Waals surface area (Å²) in [7, 11) is 7.50. The minimum Gasteiger partial charge on any atom is -0.383 e. The van der Waals surface area contributed by atoms with Gasteiger partial charge in [-0.2, -0.15) is 0 Å². The van der Waals surface area contributed by atoms with Crippen LogP contribution >= 0.6 is 0 Å². The maximum atomic E-state index is 12.6. The minimum atomic E-state index is -0.418. The number of nitro benzene ring substituents is 1. The Bertz CT molecular complexity index is 660. The lowest BCUT2D eigenvalue weighted by Crippen LogP contribution is -2.39. The molecule has 24 heavy (non-hydrogen) atoms. The summed E-state index contributed by atoms with van der Waals surface area (Å²) < 4.78 is 0. The van der Waals surface area contributed by atoms with Crippen molar-refractivity contribution in [3.63, 3.8) is 0 Å². The first-order valence-corrected chi connectivity index (χ1v) is 7.56. The number of ketones is 1. The number of carbonyl (C=O) groups is 1.